The minimum Gasteiger partial charge on any atom is -0.456 e. The van der Waals surface area contributed by atoms with Crippen LogP contribution in [0.3, 0.4) is 0 Å². The normalized spacial score (nSPS) is 12.1. The van der Waals surface area contributed by atoms with Gasteiger partial charge in [-0.1, -0.05) is 133 Å². The summed E-state index contributed by atoms with van der Waals surface area (Å²) in [6.07, 6.45) is 0. The largest absolute Gasteiger partial charge is 0.456 e. The van der Waals surface area contributed by atoms with Crippen molar-refractivity contribution in [3.05, 3.63) is 170 Å². The lowest BCUT2D eigenvalue weighted by atomic mass is 9.83. The lowest BCUT2D eigenvalue weighted by molar-refractivity contribution is 0.669. The SMILES string of the molecule is c1ccc2cc(-c3ccc4ccc(-c5c6ccccc6c(-c6cc7cccc8oc9cccc6c9c78)c6ccccc56)cc4c3)ccc2c1. The third kappa shape index (κ3) is 3.87. The maximum absolute atomic E-state index is 6.35. The second kappa shape index (κ2) is 10.0. The fourth-order valence-corrected chi connectivity index (χ4v) is 8.36. The summed E-state index contributed by atoms with van der Waals surface area (Å²) in [5.41, 5.74) is 9.36. The molecular formula is C48H28O. The molecule has 0 unspecified atom stereocenters. The van der Waals surface area contributed by atoms with Crippen LogP contribution < -0.4 is 0 Å². The van der Waals surface area contributed by atoms with E-state index in [1.165, 1.54) is 98.0 Å². The molecule has 0 amide bonds. The van der Waals surface area contributed by atoms with E-state index in [4.69, 9.17) is 4.42 Å². The molecule has 1 nitrogen and oxygen atoms in total. The summed E-state index contributed by atoms with van der Waals surface area (Å²) >= 11 is 0. The predicted molar refractivity (Wildman–Crippen MR) is 209 cm³/mol. The second-order valence-electron chi connectivity index (χ2n) is 13.2. The molecule has 0 spiro atoms. The molecule has 0 aliphatic heterocycles. The maximum atomic E-state index is 6.35. The molecule has 0 aliphatic carbocycles. The molecule has 0 N–H and O–H groups in total. The average Bonchev–Trinajstić information content (AvgIpc) is 3.55. The monoisotopic (exact) mass is 620 g/mol. The Morgan fingerprint density at radius 1 is 0.286 bits per heavy atom. The molecule has 0 bridgehead atoms. The van der Waals surface area contributed by atoms with Crippen molar-refractivity contribution in [2.45, 2.75) is 0 Å². The second-order valence-corrected chi connectivity index (χ2v) is 13.2. The first-order chi connectivity index (χ1) is 24.3. The number of fused-ring (bicyclic) bond motifs is 4. The van der Waals surface area contributed by atoms with Crippen molar-refractivity contribution < 1.29 is 4.42 Å². The van der Waals surface area contributed by atoms with Gasteiger partial charge in [0.25, 0.3) is 0 Å². The molecule has 11 rings (SSSR count). The molecule has 0 fully saturated rings. The molecule has 0 atom stereocenters. The number of hydrogen-bond donors (Lipinski definition) is 0. The first-order valence-electron chi connectivity index (χ1n) is 16.9. The highest BCUT2D eigenvalue weighted by Crippen LogP contribution is 2.48. The Bertz CT molecular complexity index is 3050. The van der Waals surface area contributed by atoms with Gasteiger partial charge < -0.3 is 4.42 Å². The topological polar surface area (TPSA) is 13.1 Å². The Kier molecular flexibility index (Phi) is 5.45. The van der Waals surface area contributed by atoms with Gasteiger partial charge in [-0.15, -0.1) is 0 Å². The van der Waals surface area contributed by atoms with Crippen LogP contribution in [-0.4, -0.2) is 0 Å². The van der Waals surface area contributed by atoms with E-state index in [0.717, 1.165) is 11.2 Å². The number of rotatable bonds is 3. The molecule has 49 heavy (non-hydrogen) atoms. The zero-order valence-electron chi connectivity index (χ0n) is 26.6. The highest BCUT2D eigenvalue weighted by Gasteiger charge is 2.21. The van der Waals surface area contributed by atoms with E-state index in [1.807, 2.05) is 0 Å². The summed E-state index contributed by atoms with van der Waals surface area (Å²) in [7, 11) is 0. The predicted octanol–water partition coefficient (Wildman–Crippen LogP) is 13.8. The Labute approximate surface area is 282 Å². The summed E-state index contributed by atoms with van der Waals surface area (Å²) in [4.78, 5) is 0. The molecule has 0 aliphatic rings. The summed E-state index contributed by atoms with van der Waals surface area (Å²) in [5.74, 6) is 0. The van der Waals surface area contributed by atoms with Gasteiger partial charge in [-0.05, 0) is 124 Å². The minimum absolute atomic E-state index is 0.940. The van der Waals surface area contributed by atoms with E-state index in [0.29, 0.717) is 0 Å². The van der Waals surface area contributed by atoms with Gasteiger partial charge in [0.15, 0.2) is 0 Å². The van der Waals surface area contributed by atoms with Crippen molar-refractivity contribution in [3.8, 4) is 33.4 Å². The van der Waals surface area contributed by atoms with Crippen LogP contribution in [0.25, 0.3) is 109 Å². The molecule has 0 saturated heterocycles. The maximum Gasteiger partial charge on any atom is 0.136 e. The Morgan fingerprint density at radius 2 is 0.776 bits per heavy atom. The van der Waals surface area contributed by atoms with Gasteiger partial charge in [0.2, 0.25) is 0 Å². The van der Waals surface area contributed by atoms with Gasteiger partial charge in [0.05, 0.1) is 0 Å². The Hall–Kier alpha value is -6.44. The number of hydrogen-bond acceptors (Lipinski definition) is 1. The highest BCUT2D eigenvalue weighted by atomic mass is 16.3. The fraction of sp³-hybridized carbons (Fsp3) is 0. The summed E-state index contributed by atoms with van der Waals surface area (Å²) in [5, 5.41) is 14.9. The van der Waals surface area contributed by atoms with Gasteiger partial charge >= 0.3 is 0 Å². The number of furan rings is 1. The van der Waals surface area contributed by atoms with Crippen molar-refractivity contribution in [1.29, 1.82) is 0 Å². The van der Waals surface area contributed by atoms with E-state index in [2.05, 4.69) is 170 Å². The van der Waals surface area contributed by atoms with Crippen LogP contribution in [0.2, 0.25) is 0 Å². The molecule has 11 aromatic rings. The van der Waals surface area contributed by atoms with E-state index in [-0.39, 0.29) is 0 Å². The third-order valence-corrected chi connectivity index (χ3v) is 10.6. The van der Waals surface area contributed by atoms with Crippen LogP contribution in [0, 0.1) is 0 Å². The molecule has 1 heteroatoms. The van der Waals surface area contributed by atoms with E-state index >= 15 is 0 Å². The molecule has 0 radical (unpaired) electrons. The van der Waals surface area contributed by atoms with E-state index in [9.17, 15) is 0 Å². The van der Waals surface area contributed by atoms with E-state index in [1.54, 1.807) is 0 Å². The first kappa shape index (κ1) is 26.6. The molecule has 10 aromatic carbocycles. The van der Waals surface area contributed by atoms with Gasteiger partial charge in [-0.25, -0.2) is 0 Å². The average molecular weight is 621 g/mol. The zero-order valence-corrected chi connectivity index (χ0v) is 26.6. The smallest absolute Gasteiger partial charge is 0.136 e. The molecule has 0 saturated carbocycles. The number of benzene rings is 10. The quantitative estimate of drug-likeness (QED) is 0.141. The van der Waals surface area contributed by atoms with Gasteiger partial charge in [-0.3, -0.25) is 0 Å². The fourth-order valence-electron chi connectivity index (χ4n) is 8.36. The highest BCUT2D eigenvalue weighted by molar-refractivity contribution is 6.29. The van der Waals surface area contributed by atoms with Crippen LogP contribution >= 0.6 is 0 Å². The van der Waals surface area contributed by atoms with Gasteiger partial charge in [0.1, 0.15) is 11.2 Å². The summed E-state index contributed by atoms with van der Waals surface area (Å²) < 4.78 is 6.35. The summed E-state index contributed by atoms with van der Waals surface area (Å²) in [6, 6.07) is 62.3. The van der Waals surface area contributed by atoms with Crippen LogP contribution in [0.15, 0.2) is 174 Å². The first-order valence-corrected chi connectivity index (χ1v) is 16.9. The zero-order chi connectivity index (χ0) is 32.1. The van der Waals surface area contributed by atoms with Crippen LogP contribution in [0.1, 0.15) is 0 Å². The van der Waals surface area contributed by atoms with Crippen molar-refractivity contribution in [3.63, 3.8) is 0 Å². The lowest BCUT2D eigenvalue weighted by Crippen LogP contribution is -1.92. The molecular weight excluding hydrogens is 593 g/mol. The lowest BCUT2D eigenvalue weighted by Gasteiger charge is -2.19. The minimum atomic E-state index is 0.940. The van der Waals surface area contributed by atoms with Crippen LogP contribution in [0.4, 0.5) is 0 Å². The van der Waals surface area contributed by atoms with Crippen molar-refractivity contribution in [1.82, 2.24) is 0 Å². The van der Waals surface area contributed by atoms with Crippen molar-refractivity contribution in [2.75, 3.05) is 0 Å². The van der Waals surface area contributed by atoms with Gasteiger partial charge in [0, 0.05) is 10.8 Å². The summed E-state index contributed by atoms with van der Waals surface area (Å²) in [6.45, 7) is 0. The van der Waals surface area contributed by atoms with Gasteiger partial charge in [-0.2, -0.15) is 0 Å². The van der Waals surface area contributed by atoms with E-state index < -0.39 is 0 Å². The standard InChI is InChI=1S/C48H28O/c1-2-10-31-25-32(22-19-29(31)9-1)33-23-20-30-21-24-35(27-36(30)26-33)45-37-12-3-5-14-39(37)47(40-15-6-4-13-38(40)45)42-28-34-11-7-17-43-46(34)48-41(42)16-8-18-44(48)49-43/h1-28H. The van der Waals surface area contributed by atoms with Crippen LogP contribution in [-0.2, 0) is 0 Å². The third-order valence-electron chi connectivity index (χ3n) is 10.6. The Balaban J connectivity index is 1.18. The van der Waals surface area contributed by atoms with Crippen molar-refractivity contribution >= 4 is 75.8 Å². The molecule has 1 aromatic heterocycles. The van der Waals surface area contributed by atoms with Crippen molar-refractivity contribution in [2.24, 2.45) is 0 Å². The Morgan fingerprint density at radius 3 is 1.49 bits per heavy atom. The molecule has 226 valence electrons. The molecule has 1 heterocycles. The van der Waals surface area contributed by atoms with Crippen LogP contribution in [0.5, 0.6) is 0 Å².